The zero-order valence-electron chi connectivity index (χ0n) is 30.5. The molecule has 260 valence electrons. The number of hydrogen-bond donors (Lipinski definition) is 0. The van der Waals surface area contributed by atoms with Gasteiger partial charge >= 0.3 is 0 Å². The smallest absolute Gasteiger partial charge is 0.136 e. The second-order valence-electron chi connectivity index (χ2n) is 15.2. The van der Waals surface area contributed by atoms with Gasteiger partial charge in [0.25, 0.3) is 0 Å². The highest BCUT2D eigenvalue weighted by Crippen LogP contribution is 2.60. The maximum atomic E-state index is 6.44. The standard InChI is InChI=1S/C55H34O/c1-3-16-43(17-4-1)55(44-18-5-2-6-19-44)50-22-12-11-21-47(50)53-48(32-41-15-9-10-20-45(41)54(53)55)42-26-25-37-29-38(23-24-39(37)30-42)40-27-28-46-49-31-35-13-7-8-14-36(35)33-52(49)56-51(46)34-40/h1-34H. The molecular weight excluding hydrogens is 677 g/mol. The summed E-state index contributed by atoms with van der Waals surface area (Å²) in [6, 6.07) is 76.0. The fourth-order valence-electron chi connectivity index (χ4n) is 9.78. The average Bonchev–Trinajstić information content (AvgIpc) is 3.79. The van der Waals surface area contributed by atoms with E-state index in [-0.39, 0.29) is 0 Å². The minimum Gasteiger partial charge on any atom is -0.456 e. The predicted molar refractivity (Wildman–Crippen MR) is 234 cm³/mol. The molecule has 12 rings (SSSR count). The van der Waals surface area contributed by atoms with Crippen molar-refractivity contribution in [1.82, 2.24) is 0 Å². The van der Waals surface area contributed by atoms with Crippen LogP contribution in [-0.4, -0.2) is 0 Å². The lowest BCUT2D eigenvalue weighted by Crippen LogP contribution is -2.28. The van der Waals surface area contributed by atoms with E-state index in [1.807, 2.05) is 0 Å². The first-order chi connectivity index (χ1) is 27.7. The summed E-state index contributed by atoms with van der Waals surface area (Å²) in [4.78, 5) is 0. The number of furan rings is 1. The minimum atomic E-state index is -0.482. The maximum Gasteiger partial charge on any atom is 0.136 e. The van der Waals surface area contributed by atoms with E-state index in [9.17, 15) is 0 Å². The van der Waals surface area contributed by atoms with E-state index in [2.05, 4.69) is 206 Å². The van der Waals surface area contributed by atoms with Gasteiger partial charge in [-0.15, -0.1) is 0 Å². The third kappa shape index (κ3) is 4.43. The zero-order chi connectivity index (χ0) is 36.8. The molecule has 0 atom stereocenters. The summed E-state index contributed by atoms with van der Waals surface area (Å²) in [7, 11) is 0. The Morgan fingerprint density at radius 2 is 0.875 bits per heavy atom. The van der Waals surface area contributed by atoms with Crippen LogP contribution in [0.3, 0.4) is 0 Å². The van der Waals surface area contributed by atoms with Crippen molar-refractivity contribution in [1.29, 1.82) is 0 Å². The summed E-state index contributed by atoms with van der Waals surface area (Å²) < 4.78 is 6.44. The average molecular weight is 711 g/mol. The first kappa shape index (κ1) is 31.2. The van der Waals surface area contributed by atoms with Crippen LogP contribution in [0, 0.1) is 0 Å². The van der Waals surface area contributed by atoms with Crippen LogP contribution in [0.4, 0.5) is 0 Å². The Bertz CT molecular complexity index is 3310. The fourth-order valence-corrected chi connectivity index (χ4v) is 9.78. The van der Waals surface area contributed by atoms with Gasteiger partial charge in [-0.1, -0.05) is 164 Å². The molecule has 56 heavy (non-hydrogen) atoms. The third-order valence-corrected chi connectivity index (χ3v) is 12.3. The monoisotopic (exact) mass is 710 g/mol. The number of fused-ring (bicyclic) bond motifs is 10. The van der Waals surface area contributed by atoms with Gasteiger partial charge in [-0.25, -0.2) is 0 Å². The van der Waals surface area contributed by atoms with Crippen LogP contribution in [-0.2, 0) is 5.41 Å². The van der Waals surface area contributed by atoms with Crippen molar-refractivity contribution in [2.75, 3.05) is 0 Å². The molecular formula is C55H34O. The van der Waals surface area contributed by atoms with E-state index in [1.165, 1.54) is 82.4 Å². The topological polar surface area (TPSA) is 13.1 Å². The van der Waals surface area contributed by atoms with Gasteiger partial charge in [0, 0.05) is 10.8 Å². The molecule has 0 fully saturated rings. The molecule has 0 saturated heterocycles. The van der Waals surface area contributed by atoms with Crippen molar-refractivity contribution in [2.24, 2.45) is 0 Å². The lowest BCUT2D eigenvalue weighted by atomic mass is 9.66. The normalized spacial score (nSPS) is 13.1. The van der Waals surface area contributed by atoms with Crippen LogP contribution >= 0.6 is 0 Å². The van der Waals surface area contributed by atoms with Crippen LogP contribution in [0.1, 0.15) is 22.3 Å². The summed E-state index contributed by atoms with van der Waals surface area (Å²) in [5, 5.41) is 9.68. The molecule has 1 aliphatic rings. The molecule has 11 aromatic rings. The molecule has 0 aliphatic heterocycles. The van der Waals surface area contributed by atoms with Crippen molar-refractivity contribution < 1.29 is 4.42 Å². The van der Waals surface area contributed by atoms with Gasteiger partial charge in [-0.05, 0) is 130 Å². The van der Waals surface area contributed by atoms with E-state index in [0.29, 0.717) is 0 Å². The summed E-state index contributed by atoms with van der Waals surface area (Å²) in [5.74, 6) is 0. The van der Waals surface area contributed by atoms with Crippen molar-refractivity contribution in [3.05, 3.63) is 229 Å². The van der Waals surface area contributed by atoms with E-state index in [4.69, 9.17) is 4.42 Å². The van der Waals surface area contributed by atoms with Gasteiger partial charge in [0.2, 0.25) is 0 Å². The van der Waals surface area contributed by atoms with Crippen LogP contribution in [0.5, 0.6) is 0 Å². The van der Waals surface area contributed by atoms with Gasteiger partial charge in [0.15, 0.2) is 0 Å². The molecule has 0 spiro atoms. The van der Waals surface area contributed by atoms with Gasteiger partial charge < -0.3 is 4.42 Å². The number of hydrogen-bond acceptors (Lipinski definition) is 1. The number of rotatable bonds is 4. The molecule has 0 saturated carbocycles. The van der Waals surface area contributed by atoms with Gasteiger partial charge in [0.1, 0.15) is 11.2 Å². The summed E-state index contributed by atoms with van der Waals surface area (Å²) in [6.45, 7) is 0. The largest absolute Gasteiger partial charge is 0.456 e. The molecule has 0 N–H and O–H groups in total. The quantitative estimate of drug-likeness (QED) is 0.177. The Labute approximate surface area is 324 Å². The van der Waals surface area contributed by atoms with Gasteiger partial charge in [-0.2, -0.15) is 0 Å². The molecule has 0 bridgehead atoms. The van der Waals surface area contributed by atoms with Crippen LogP contribution < -0.4 is 0 Å². The molecule has 0 unspecified atom stereocenters. The van der Waals surface area contributed by atoms with Crippen LogP contribution in [0.2, 0.25) is 0 Å². The second kappa shape index (κ2) is 11.9. The van der Waals surface area contributed by atoms with E-state index >= 15 is 0 Å². The Balaban J connectivity index is 1.04. The van der Waals surface area contributed by atoms with Crippen LogP contribution in [0.25, 0.3) is 87.6 Å². The van der Waals surface area contributed by atoms with Crippen molar-refractivity contribution in [2.45, 2.75) is 5.41 Å². The Kier molecular flexibility index (Phi) is 6.62. The Morgan fingerprint density at radius 1 is 0.321 bits per heavy atom. The first-order valence-corrected chi connectivity index (χ1v) is 19.4. The highest BCUT2D eigenvalue weighted by Gasteiger charge is 2.48. The molecule has 0 radical (unpaired) electrons. The highest BCUT2D eigenvalue weighted by atomic mass is 16.3. The summed E-state index contributed by atoms with van der Waals surface area (Å²) in [5.41, 5.74) is 14.0. The van der Waals surface area contributed by atoms with Gasteiger partial charge in [-0.3, -0.25) is 0 Å². The number of benzene rings is 10. The second-order valence-corrected chi connectivity index (χ2v) is 15.2. The van der Waals surface area contributed by atoms with E-state index in [1.54, 1.807) is 0 Å². The van der Waals surface area contributed by atoms with Crippen molar-refractivity contribution in [3.8, 4) is 33.4 Å². The SMILES string of the molecule is c1ccc(C2(c3ccccc3)c3ccccc3-c3c(-c4ccc5cc(-c6ccc7c(c6)oc6cc8ccccc8cc67)ccc5c4)cc4ccccc4c32)cc1. The molecule has 1 aromatic heterocycles. The Morgan fingerprint density at radius 3 is 1.64 bits per heavy atom. The zero-order valence-corrected chi connectivity index (χ0v) is 30.5. The Hall–Kier alpha value is -7.22. The first-order valence-electron chi connectivity index (χ1n) is 19.4. The summed E-state index contributed by atoms with van der Waals surface area (Å²) >= 11 is 0. The molecule has 1 heteroatoms. The van der Waals surface area contributed by atoms with E-state index in [0.717, 1.165) is 27.5 Å². The predicted octanol–water partition coefficient (Wildman–Crippen LogP) is 14.7. The molecule has 1 heterocycles. The minimum absolute atomic E-state index is 0.482. The molecule has 10 aromatic carbocycles. The summed E-state index contributed by atoms with van der Waals surface area (Å²) in [6.07, 6.45) is 0. The van der Waals surface area contributed by atoms with Gasteiger partial charge in [0.05, 0.1) is 5.41 Å². The van der Waals surface area contributed by atoms with Crippen molar-refractivity contribution >= 4 is 54.3 Å². The van der Waals surface area contributed by atoms with Crippen molar-refractivity contribution in [3.63, 3.8) is 0 Å². The highest BCUT2D eigenvalue weighted by molar-refractivity contribution is 6.11. The molecule has 1 aliphatic carbocycles. The lowest BCUT2D eigenvalue weighted by Gasteiger charge is -2.35. The molecule has 0 amide bonds. The third-order valence-electron chi connectivity index (χ3n) is 12.3. The fraction of sp³-hybridized carbons (Fsp3) is 0.0182. The van der Waals surface area contributed by atoms with E-state index < -0.39 is 5.41 Å². The van der Waals surface area contributed by atoms with Crippen LogP contribution in [0.15, 0.2) is 211 Å². The maximum absolute atomic E-state index is 6.44. The molecule has 1 nitrogen and oxygen atoms in total. The lowest BCUT2D eigenvalue weighted by molar-refractivity contribution is 0.669.